The van der Waals surface area contributed by atoms with Gasteiger partial charge >= 0.3 is 6.36 Å². The van der Waals surface area contributed by atoms with Gasteiger partial charge in [-0.05, 0) is 59.6 Å². The summed E-state index contributed by atoms with van der Waals surface area (Å²) in [6.07, 6.45) is -4.32. The van der Waals surface area contributed by atoms with Crippen LogP contribution in [0.5, 0.6) is 5.75 Å². The normalized spacial score (nSPS) is 13.5. The second kappa shape index (κ2) is 11.8. The topological polar surface area (TPSA) is 53.0 Å². The molecule has 4 aromatic carbocycles. The zero-order valence-corrected chi connectivity index (χ0v) is 21.0. The summed E-state index contributed by atoms with van der Waals surface area (Å²) in [5.41, 5.74) is 2.46. The van der Waals surface area contributed by atoms with E-state index in [2.05, 4.69) is 9.64 Å². The van der Waals surface area contributed by atoms with Crippen LogP contribution in [0, 0.1) is 0 Å². The van der Waals surface area contributed by atoms with Crippen molar-refractivity contribution in [3.63, 3.8) is 0 Å². The van der Waals surface area contributed by atoms with Gasteiger partial charge in [0.1, 0.15) is 5.75 Å². The lowest BCUT2D eigenvalue weighted by Gasteiger charge is -2.33. The molecule has 0 fully saturated rings. The first-order chi connectivity index (χ1) is 17.7. The van der Waals surface area contributed by atoms with Crippen molar-refractivity contribution >= 4 is 27.7 Å². The van der Waals surface area contributed by atoms with Crippen molar-refractivity contribution in [2.75, 3.05) is 17.9 Å². The van der Waals surface area contributed by atoms with E-state index in [0.717, 1.165) is 21.9 Å². The van der Waals surface area contributed by atoms with E-state index in [0.29, 0.717) is 18.7 Å². The van der Waals surface area contributed by atoms with Gasteiger partial charge in [0.15, 0.2) is 0 Å². The van der Waals surface area contributed by atoms with Crippen molar-refractivity contribution < 1.29 is 26.7 Å². The number of halogens is 3. The zero-order valence-electron chi connectivity index (χ0n) is 20.1. The molecule has 37 heavy (non-hydrogen) atoms. The average Bonchev–Trinajstić information content (AvgIpc) is 2.86. The molecule has 2 atom stereocenters. The van der Waals surface area contributed by atoms with E-state index < -0.39 is 17.6 Å². The number of rotatable bonds is 10. The van der Waals surface area contributed by atoms with Crippen LogP contribution in [-0.2, 0) is 24.2 Å². The lowest BCUT2D eigenvalue weighted by molar-refractivity contribution is -0.274. The highest BCUT2D eigenvalue weighted by Crippen LogP contribution is 2.26. The molecule has 0 aliphatic heterocycles. The van der Waals surface area contributed by atoms with Gasteiger partial charge in [0, 0.05) is 19.1 Å². The Hall–Kier alpha value is -3.40. The lowest BCUT2D eigenvalue weighted by atomic mass is 10.0. The zero-order chi connectivity index (χ0) is 26.4. The monoisotopic (exact) mass is 528 g/mol. The Bertz CT molecular complexity index is 1330. The minimum absolute atomic E-state index is 0.214. The van der Waals surface area contributed by atoms with E-state index in [4.69, 9.17) is 0 Å². The Morgan fingerprint density at radius 1 is 0.865 bits per heavy atom. The van der Waals surface area contributed by atoms with Crippen molar-refractivity contribution in [1.29, 1.82) is 0 Å². The molecule has 0 radical (unpaired) electrons. The smallest absolute Gasteiger partial charge is 0.406 e. The van der Waals surface area contributed by atoms with Crippen LogP contribution in [0.4, 0.5) is 18.9 Å². The summed E-state index contributed by atoms with van der Waals surface area (Å²) in [5.74, 6) is -0.292. The fourth-order valence-corrected chi connectivity index (χ4v) is 4.84. The SMILES string of the molecule is CN(Cc1ccccc1)C(Cc1ccc(OC(F)(F)F)cc1)CN(c1ccc2ccccc2c1)S(=O)O. The predicted octanol–water partition coefficient (Wildman–Crippen LogP) is 6.42. The summed E-state index contributed by atoms with van der Waals surface area (Å²) in [6, 6.07) is 28.7. The number of ether oxygens (including phenoxy) is 1. The van der Waals surface area contributed by atoms with Crippen LogP contribution in [0.25, 0.3) is 10.8 Å². The van der Waals surface area contributed by atoms with Gasteiger partial charge in [-0.2, -0.15) is 0 Å². The minimum Gasteiger partial charge on any atom is -0.406 e. The molecule has 194 valence electrons. The van der Waals surface area contributed by atoms with Gasteiger partial charge in [-0.25, -0.2) is 4.21 Å². The first-order valence-corrected chi connectivity index (χ1v) is 12.7. The third-order valence-electron chi connectivity index (χ3n) is 6.11. The molecule has 0 spiro atoms. The maximum Gasteiger partial charge on any atom is 0.573 e. The van der Waals surface area contributed by atoms with E-state index in [1.165, 1.54) is 16.4 Å². The Balaban J connectivity index is 1.60. The molecule has 0 heterocycles. The van der Waals surface area contributed by atoms with Crippen LogP contribution in [0.15, 0.2) is 97.1 Å². The van der Waals surface area contributed by atoms with Crippen LogP contribution in [0.1, 0.15) is 11.1 Å². The highest BCUT2D eigenvalue weighted by atomic mass is 32.2. The summed E-state index contributed by atoms with van der Waals surface area (Å²) in [4.78, 5) is 2.08. The second-order valence-electron chi connectivity index (χ2n) is 8.77. The Morgan fingerprint density at radius 3 is 2.16 bits per heavy atom. The van der Waals surface area contributed by atoms with E-state index in [1.54, 1.807) is 12.1 Å². The van der Waals surface area contributed by atoms with Gasteiger partial charge < -0.3 is 4.74 Å². The van der Waals surface area contributed by atoms with Crippen molar-refractivity contribution in [3.05, 3.63) is 108 Å². The average molecular weight is 529 g/mol. The minimum atomic E-state index is -4.76. The summed E-state index contributed by atoms with van der Waals surface area (Å²) >= 11 is -2.29. The summed E-state index contributed by atoms with van der Waals surface area (Å²) < 4.78 is 65.8. The van der Waals surface area contributed by atoms with Crippen LogP contribution >= 0.6 is 0 Å². The molecule has 1 N–H and O–H groups in total. The first kappa shape index (κ1) is 26.7. The number of hydrogen-bond acceptors (Lipinski definition) is 3. The van der Waals surface area contributed by atoms with Crippen molar-refractivity contribution in [2.24, 2.45) is 0 Å². The molecule has 0 aliphatic rings. The van der Waals surface area contributed by atoms with Crippen LogP contribution in [0.3, 0.4) is 0 Å². The summed E-state index contributed by atoms with van der Waals surface area (Å²) in [6.45, 7) is 0.802. The molecule has 9 heteroatoms. The van der Waals surface area contributed by atoms with Gasteiger partial charge in [-0.1, -0.05) is 72.8 Å². The Morgan fingerprint density at radius 2 is 1.51 bits per heavy atom. The fraction of sp³-hybridized carbons (Fsp3) is 0.214. The molecule has 2 unspecified atom stereocenters. The van der Waals surface area contributed by atoms with E-state index >= 15 is 0 Å². The largest absolute Gasteiger partial charge is 0.573 e. The van der Waals surface area contributed by atoms with Crippen molar-refractivity contribution in [2.45, 2.75) is 25.4 Å². The van der Waals surface area contributed by atoms with Crippen LogP contribution in [-0.4, -0.2) is 39.7 Å². The lowest BCUT2D eigenvalue weighted by Crippen LogP contribution is -2.44. The summed E-state index contributed by atoms with van der Waals surface area (Å²) in [5, 5.41) is 1.97. The molecule has 5 nitrogen and oxygen atoms in total. The molecule has 0 saturated heterocycles. The highest BCUT2D eigenvalue weighted by molar-refractivity contribution is 7.80. The maximum atomic E-state index is 12.6. The molecular formula is C28H27F3N2O3S. The number of nitrogens with zero attached hydrogens (tertiary/aromatic N) is 2. The van der Waals surface area contributed by atoms with Crippen LogP contribution in [0.2, 0.25) is 0 Å². The first-order valence-electron chi connectivity index (χ1n) is 11.6. The standard InChI is InChI=1S/C28H27F3N2O3S/c1-32(19-22-7-3-2-4-8-22)26(17-21-11-15-27(16-12-21)36-28(29,30)31)20-33(37(34)35)25-14-13-23-9-5-6-10-24(23)18-25/h2-16,18,26H,17,19-20H2,1H3,(H,34,35). The molecule has 0 aromatic heterocycles. The quantitative estimate of drug-likeness (QED) is 0.241. The maximum absolute atomic E-state index is 12.6. The molecular weight excluding hydrogens is 501 g/mol. The highest BCUT2D eigenvalue weighted by Gasteiger charge is 2.31. The third kappa shape index (κ3) is 7.55. The number of hydrogen-bond donors (Lipinski definition) is 1. The number of likely N-dealkylation sites (N-methyl/N-ethyl adjacent to an activating group) is 1. The molecule has 0 amide bonds. The Labute approximate surface area is 216 Å². The van der Waals surface area contributed by atoms with Gasteiger partial charge in [0.05, 0.1) is 5.69 Å². The third-order valence-corrected chi connectivity index (χ3v) is 6.85. The predicted molar refractivity (Wildman–Crippen MR) is 141 cm³/mol. The van der Waals surface area contributed by atoms with Crippen molar-refractivity contribution in [1.82, 2.24) is 4.90 Å². The molecule has 0 bridgehead atoms. The molecule has 4 rings (SSSR count). The molecule has 4 aromatic rings. The van der Waals surface area contributed by atoms with Gasteiger partial charge in [-0.3, -0.25) is 13.8 Å². The molecule has 0 saturated carbocycles. The van der Waals surface area contributed by atoms with Crippen molar-refractivity contribution in [3.8, 4) is 5.75 Å². The number of anilines is 1. The van der Waals surface area contributed by atoms with E-state index in [1.807, 2.05) is 79.8 Å². The number of alkyl halides is 3. The van der Waals surface area contributed by atoms with Crippen LogP contribution < -0.4 is 9.04 Å². The van der Waals surface area contributed by atoms with Gasteiger partial charge in [0.2, 0.25) is 0 Å². The van der Waals surface area contributed by atoms with E-state index in [-0.39, 0.29) is 18.3 Å². The Kier molecular flexibility index (Phi) is 8.48. The molecule has 0 aliphatic carbocycles. The second-order valence-corrected chi connectivity index (χ2v) is 9.68. The number of benzene rings is 4. The number of fused-ring (bicyclic) bond motifs is 1. The van der Waals surface area contributed by atoms with Gasteiger partial charge in [0.25, 0.3) is 11.3 Å². The van der Waals surface area contributed by atoms with E-state index in [9.17, 15) is 21.9 Å². The van der Waals surface area contributed by atoms with Gasteiger partial charge in [-0.15, -0.1) is 13.2 Å². The summed E-state index contributed by atoms with van der Waals surface area (Å²) in [7, 11) is 1.93. The fourth-order valence-electron chi connectivity index (χ4n) is 4.24.